The van der Waals surface area contributed by atoms with Crippen LogP contribution in [0.15, 0.2) is 24.8 Å². The third-order valence-electron chi connectivity index (χ3n) is 3.91. The van der Waals surface area contributed by atoms with Crippen LogP contribution in [0.2, 0.25) is 0 Å². The van der Waals surface area contributed by atoms with Gasteiger partial charge in [-0.05, 0) is 12.8 Å². The van der Waals surface area contributed by atoms with E-state index in [1.165, 1.54) is 38.8 Å². The molecule has 0 saturated heterocycles. The standard InChI is InChI=1S/C15H28N4.2BrH/c1-3-5-7-16-9-11-18(13-16)15-19-12-10-17(14-19)8-6-4-2;;/h9-12H,3-8,13-15H2,1-2H3;2*1H. The van der Waals surface area contributed by atoms with Crippen LogP contribution in [0.1, 0.15) is 39.5 Å². The lowest BCUT2D eigenvalue weighted by Crippen LogP contribution is -3.27. The summed E-state index contributed by atoms with van der Waals surface area (Å²) in [5.74, 6) is 0. The molecule has 2 unspecified atom stereocenters. The molecule has 2 heterocycles. The number of nitrogens with one attached hydrogen (secondary N) is 2. The predicted molar refractivity (Wildman–Crippen MR) is 78.0 cm³/mol. The quantitative estimate of drug-likeness (QED) is 0.402. The second-order valence-electron chi connectivity index (χ2n) is 5.77. The molecule has 0 aliphatic carbocycles. The Balaban J connectivity index is 0.00000200. The zero-order valence-corrected chi connectivity index (χ0v) is 16.5. The largest absolute Gasteiger partial charge is 1.00 e. The van der Waals surface area contributed by atoms with E-state index in [-0.39, 0.29) is 34.0 Å². The summed E-state index contributed by atoms with van der Waals surface area (Å²) < 4.78 is 0. The monoisotopic (exact) mass is 424 g/mol. The summed E-state index contributed by atoms with van der Waals surface area (Å²) in [6, 6.07) is 0. The molecule has 21 heavy (non-hydrogen) atoms. The van der Waals surface area contributed by atoms with Crippen molar-refractivity contribution in [2.24, 2.45) is 0 Å². The molecule has 0 saturated carbocycles. The molecule has 2 atom stereocenters. The third kappa shape index (κ3) is 7.17. The van der Waals surface area contributed by atoms with Gasteiger partial charge in [0.05, 0.1) is 12.4 Å². The van der Waals surface area contributed by atoms with Crippen molar-refractivity contribution >= 4 is 0 Å². The Labute approximate surface area is 151 Å². The van der Waals surface area contributed by atoms with Crippen LogP contribution in [-0.4, -0.2) is 42.9 Å². The molecule has 2 rings (SSSR count). The normalized spacial score (nSPS) is 23.3. The molecule has 2 aliphatic heterocycles. The number of halogens is 2. The van der Waals surface area contributed by atoms with E-state index >= 15 is 0 Å². The van der Waals surface area contributed by atoms with Gasteiger partial charge in [-0.25, -0.2) is 9.80 Å². The fourth-order valence-corrected chi connectivity index (χ4v) is 2.71. The van der Waals surface area contributed by atoms with Crippen LogP contribution in [0.5, 0.6) is 0 Å². The van der Waals surface area contributed by atoms with Crippen molar-refractivity contribution < 1.29 is 43.8 Å². The van der Waals surface area contributed by atoms with E-state index < -0.39 is 0 Å². The molecule has 6 heteroatoms. The lowest BCUT2D eigenvalue weighted by Gasteiger charge is -2.20. The average molecular weight is 426 g/mol. The lowest BCUT2D eigenvalue weighted by atomic mass is 10.3. The highest BCUT2D eigenvalue weighted by Crippen LogP contribution is 1.96. The number of nitrogens with zero attached hydrogens (tertiary/aromatic N) is 2. The van der Waals surface area contributed by atoms with Gasteiger partial charge in [-0.1, -0.05) is 26.7 Å². The van der Waals surface area contributed by atoms with Gasteiger partial charge in [-0.15, -0.1) is 0 Å². The SMILES string of the molecule is CCCCN1C=C[NH+](C[NH+]2C=CN(CCCC)C2)C1.[Br-].[Br-]. The maximum Gasteiger partial charge on any atom is 0.215 e. The first-order valence-corrected chi connectivity index (χ1v) is 7.85. The summed E-state index contributed by atoms with van der Waals surface area (Å²) >= 11 is 0. The number of unbranched alkanes of at least 4 members (excludes halogenated alkanes) is 2. The zero-order valence-electron chi connectivity index (χ0n) is 13.3. The molecular weight excluding hydrogens is 396 g/mol. The molecule has 0 radical (unpaired) electrons. The molecule has 0 aromatic heterocycles. The van der Waals surface area contributed by atoms with Gasteiger partial charge in [-0.2, -0.15) is 0 Å². The smallest absolute Gasteiger partial charge is 0.215 e. The highest BCUT2D eigenvalue weighted by molar-refractivity contribution is 4.79. The van der Waals surface area contributed by atoms with Gasteiger partial charge in [0, 0.05) is 13.1 Å². The summed E-state index contributed by atoms with van der Waals surface area (Å²) in [5, 5.41) is 0. The van der Waals surface area contributed by atoms with Crippen LogP contribution in [0.4, 0.5) is 0 Å². The van der Waals surface area contributed by atoms with Gasteiger partial charge in [0.15, 0.2) is 13.3 Å². The Kier molecular flexibility index (Phi) is 11.5. The second kappa shape index (κ2) is 11.5. The maximum absolute atomic E-state index is 2.45. The van der Waals surface area contributed by atoms with E-state index in [2.05, 4.69) is 48.4 Å². The molecule has 0 amide bonds. The number of hydrogen-bond acceptors (Lipinski definition) is 2. The summed E-state index contributed by atoms with van der Waals surface area (Å²) in [5.41, 5.74) is 0. The average Bonchev–Trinajstić information content (AvgIpc) is 3.04. The summed E-state index contributed by atoms with van der Waals surface area (Å²) in [6.07, 6.45) is 14.4. The topological polar surface area (TPSA) is 15.4 Å². The first kappa shape index (κ1) is 21.0. The van der Waals surface area contributed by atoms with E-state index in [1.54, 1.807) is 9.80 Å². The fourth-order valence-electron chi connectivity index (χ4n) is 2.71. The van der Waals surface area contributed by atoms with Crippen LogP contribution in [0, 0.1) is 0 Å². The van der Waals surface area contributed by atoms with Crippen LogP contribution >= 0.6 is 0 Å². The Morgan fingerprint density at radius 1 is 0.810 bits per heavy atom. The van der Waals surface area contributed by atoms with Crippen molar-refractivity contribution in [1.29, 1.82) is 0 Å². The molecule has 0 aromatic carbocycles. The molecule has 4 nitrogen and oxygen atoms in total. The van der Waals surface area contributed by atoms with Gasteiger partial charge in [-0.3, -0.25) is 0 Å². The van der Waals surface area contributed by atoms with E-state index in [4.69, 9.17) is 0 Å². The molecule has 0 spiro atoms. The third-order valence-corrected chi connectivity index (χ3v) is 3.91. The Morgan fingerprint density at radius 3 is 1.62 bits per heavy atom. The van der Waals surface area contributed by atoms with E-state index in [1.807, 2.05) is 0 Å². The molecule has 2 N–H and O–H groups in total. The minimum atomic E-state index is 0. The van der Waals surface area contributed by atoms with Gasteiger partial charge in [0.2, 0.25) is 6.67 Å². The van der Waals surface area contributed by atoms with Crippen molar-refractivity contribution in [3.05, 3.63) is 24.8 Å². The molecule has 2 aliphatic rings. The van der Waals surface area contributed by atoms with Crippen molar-refractivity contribution in [2.45, 2.75) is 39.5 Å². The number of quaternary nitrogens is 2. The summed E-state index contributed by atoms with van der Waals surface area (Å²) in [6.45, 7) is 10.4. The van der Waals surface area contributed by atoms with Crippen molar-refractivity contribution in [2.75, 3.05) is 33.1 Å². The maximum atomic E-state index is 2.45. The lowest BCUT2D eigenvalue weighted by molar-refractivity contribution is -1.04. The van der Waals surface area contributed by atoms with Gasteiger partial charge in [0.25, 0.3) is 0 Å². The first-order chi connectivity index (χ1) is 9.31. The van der Waals surface area contributed by atoms with E-state index in [9.17, 15) is 0 Å². The minimum Gasteiger partial charge on any atom is -1.00 e. The molecule has 124 valence electrons. The molecule has 0 fully saturated rings. The Hall–Kier alpha value is -0.0400. The van der Waals surface area contributed by atoms with Crippen LogP contribution in [-0.2, 0) is 0 Å². The van der Waals surface area contributed by atoms with E-state index in [0.717, 1.165) is 20.0 Å². The minimum absolute atomic E-state index is 0. The molecular formula is C15H30Br2N4. The van der Waals surface area contributed by atoms with Crippen molar-refractivity contribution in [3.8, 4) is 0 Å². The van der Waals surface area contributed by atoms with Gasteiger partial charge < -0.3 is 43.8 Å². The van der Waals surface area contributed by atoms with Crippen LogP contribution in [0.25, 0.3) is 0 Å². The molecule has 0 aromatic rings. The van der Waals surface area contributed by atoms with Crippen molar-refractivity contribution in [1.82, 2.24) is 9.80 Å². The summed E-state index contributed by atoms with van der Waals surface area (Å²) in [7, 11) is 0. The Bertz CT molecular complexity index is 293. The van der Waals surface area contributed by atoms with Crippen LogP contribution in [0.3, 0.4) is 0 Å². The van der Waals surface area contributed by atoms with Gasteiger partial charge >= 0.3 is 0 Å². The Morgan fingerprint density at radius 2 is 1.24 bits per heavy atom. The first-order valence-electron chi connectivity index (χ1n) is 7.85. The number of hydrogen-bond donors (Lipinski definition) is 2. The fraction of sp³-hybridized carbons (Fsp3) is 0.733. The highest BCUT2D eigenvalue weighted by Gasteiger charge is 2.24. The van der Waals surface area contributed by atoms with Crippen molar-refractivity contribution in [3.63, 3.8) is 0 Å². The highest BCUT2D eigenvalue weighted by atomic mass is 79.9. The predicted octanol–water partition coefficient (Wildman–Crippen LogP) is -6.19. The van der Waals surface area contributed by atoms with Gasteiger partial charge in [0.1, 0.15) is 12.4 Å². The molecule has 0 bridgehead atoms. The second-order valence-corrected chi connectivity index (χ2v) is 5.77. The zero-order chi connectivity index (χ0) is 13.5. The van der Waals surface area contributed by atoms with E-state index in [0.29, 0.717) is 0 Å². The van der Waals surface area contributed by atoms with Crippen LogP contribution < -0.4 is 43.8 Å². The summed E-state index contributed by atoms with van der Waals surface area (Å²) in [4.78, 5) is 8.06. The number of rotatable bonds is 8.